The average molecular weight is 349 g/mol. The van der Waals surface area contributed by atoms with Crippen LogP contribution >= 0.6 is 0 Å². The number of aliphatic hydroxyl groups excluding tert-OH is 1. The fourth-order valence-electron chi connectivity index (χ4n) is 2.63. The summed E-state index contributed by atoms with van der Waals surface area (Å²) in [6.07, 6.45) is 3.47. The van der Waals surface area contributed by atoms with E-state index in [9.17, 15) is 4.79 Å². The van der Waals surface area contributed by atoms with E-state index in [-0.39, 0.29) is 24.2 Å². The van der Waals surface area contributed by atoms with Crippen LogP contribution in [0.2, 0.25) is 0 Å². The third-order valence-corrected chi connectivity index (χ3v) is 3.96. The van der Waals surface area contributed by atoms with Crippen molar-refractivity contribution in [1.29, 1.82) is 0 Å². The number of hydrogen-bond donors (Lipinski definition) is 2. The second-order valence-electron chi connectivity index (χ2n) is 5.88. The summed E-state index contributed by atoms with van der Waals surface area (Å²) in [5, 5.41) is 11.6. The molecule has 138 valence electrons. The summed E-state index contributed by atoms with van der Waals surface area (Å²) >= 11 is 0. The maximum atomic E-state index is 12.3. The monoisotopic (exact) mass is 349 g/mol. The van der Waals surface area contributed by atoms with Crippen LogP contribution in [0.4, 0.5) is 0 Å². The van der Waals surface area contributed by atoms with E-state index in [2.05, 4.69) is 5.32 Å². The zero-order valence-electron chi connectivity index (χ0n) is 14.6. The van der Waals surface area contributed by atoms with E-state index in [4.69, 9.17) is 19.3 Å². The van der Waals surface area contributed by atoms with Gasteiger partial charge in [0.05, 0.1) is 13.2 Å². The number of carbonyl (C=O) groups excluding carboxylic acids is 1. The van der Waals surface area contributed by atoms with E-state index in [1.54, 1.807) is 7.11 Å². The molecule has 0 spiro atoms. The summed E-state index contributed by atoms with van der Waals surface area (Å²) < 4.78 is 16.4. The van der Waals surface area contributed by atoms with Gasteiger partial charge in [-0.15, -0.1) is 0 Å². The highest BCUT2D eigenvalue weighted by Crippen LogP contribution is 2.31. The number of ether oxygens (including phenoxy) is 3. The maximum Gasteiger partial charge on any atom is 0.286 e. The number of carbonyl (C=O) groups is 1. The summed E-state index contributed by atoms with van der Waals surface area (Å²) in [4.78, 5) is 12.3. The molecule has 25 heavy (non-hydrogen) atoms. The molecule has 2 N–H and O–H groups in total. The Bertz CT molecular complexity index is 546. The summed E-state index contributed by atoms with van der Waals surface area (Å²) in [6.45, 7) is 1.51. The molecule has 0 saturated heterocycles. The van der Waals surface area contributed by atoms with Gasteiger partial charge in [0.2, 0.25) is 6.29 Å². The van der Waals surface area contributed by atoms with E-state index in [1.807, 2.05) is 36.4 Å². The van der Waals surface area contributed by atoms with Gasteiger partial charge in [0.1, 0.15) is 0 Å². The predicted octanol–water partition coefficient (Wildman–Crippen LogP) is 1.95. The molecule has 0 bridgehead atoms. The first-order valence-electron chi connectivity index (χ1n) is 8.67. The number of hydrogen-bond acceptors (Lipinski definition) is 5. The Labute approximate surface area is 148 Å². The number of amides is 1. The van der Waals surface area contributed by atoms with Crippen LogP contribution in [0, 0.1) is 0 Å². The van der Waals surface area contributed by atoms with Gasteiger partial charge in [0.15, 0.2) is 5.76 Å². The van der Waals surface area contributed by atoms with Crippen molar-refractivity contribution in [3.8, 4) is 0 Å². The van der Waals surface area contributed by atoms with E-state index in [0.717, 1.165) is 12.0 Å². The van der Waals surface area contributed by atoms with Gasteiger partial charge in [-0.1, -0.05) is 30.3 Å². The average Bonchev–Trinajstić information content (AvgIpc) is 2.66. The molecule has 6 nitrogen and oxygen atoms in total. The van der Waals surface area contributed by atoms with Gasteiger partial charge in [0.25, 0.3) is 5.91 Å². The molecule has 2 rings (SSSR count). The molecule has 6 heteroatoms. The molecule has 1 aromatic carbocycles. The minimum Gasteiger partial charge on any atom is -0.459 e. The Hall–Kier alpha value is -1.89. The van der Waals surface area contributed by atoms with Crippen LogP contribution in [0.15, 0.2) is 42.2 Å². The van der Waals surface area contributed by atoms with E-state index < -0.39 is 6.29 Å². The third-order valence-electron chi connectivity index (χ3n) is 3.96. The number of nitrogens with one attached hydrogen (secondary N) is 1. The van der Waals surface area contributed by atoms with Gasteiger partial charge < -0.3 is 24.6 Å². The van der Waals surface area contributed by atoms with Crippen LogP contribution in [0.5, 0.6) is 0 Å². The van der Waals surface area contributed by atoms with Gasteiger partial charge in [-0.3, -0.25) is 4.79 Å². The van der Waals surface area contributed by atoms with Gasteiger partial charge in [0, 0.05) is 32.6 Å². The largest absolute Gasteiger partial charge is 0.459 e. The fourth-order valence-corrected chi connectivity index (χ4v) is 2.63. The first-order valence-corrected chi connectivity index (χ1v) is 8.67. The minimum atomic E-state index is -0.475. The Morgan fingerprint density at radius 2 is 2.08 bits per heavy atom. The second-order valence-corrected chi connectivity index (χ2v) is 5.88. The molecule has 0 aliphatic carbocycles. The lowest BCUT2D eigenvalue weighted by atomic mass is 9.93. The van der Waals surface area contributed by atoms with Crippen LogP contribution in [0.1, 0.15) is 30.7 Å². The van der Waals surface area contributed by atoms with Crippen molar-refractivity contribution in [2.75, 3.05) is 33.5 Å². The molecule has 0 unspecified atom stereocenters. The summed E-state index contributed by atoms with van der Waals surface area (Å²) in [5.41, 5.74) is 1.12. The molecule has 0 aromatic heterocycles. The Kier molecular flexibility index (Phi) is 8.45. The van der Waals surface area contributed by atoms with Crippen LogP contribution < -0.4 is 5.32 Å². The van der Waals surface area contributed by atoms with Crippen molar-refractivity contribution < 1.29 is 24.1 Å². The van der Waals surface area contributed by atoms with Gasteiger partial charge >= 0.3 is 0 Å². The molecular formula is C19H27NO5. The number of benzene rings is 1. The van der Waals surface area contributed by atoms with Crippen molar-refractivity contribution in [2.45, 2.75) is 31.5 Å². The summed E-state index contributed by atoms with van der Waals surface area (Å²) in [5.74, 6) is 0.0750. The highest BCUT2D eigenvalue weighted by atomic mass is 16.7. The van der Waals surface area contributed by atoms with E-state index >= 15 is 0 Å². The van der Waals surface area contributed by atoms with Gasteiger partial charge in [-0.2, -0.15) is 0 Å². The van der Waals surface area contributed by atoms with Crippen LogP contribution in [-0.4, -0.2) is 50.8 Å². The molecule has 0 radical (unpaired) electrons. The molecule has 0 fully saturated rings. The lowest BCUT2D eigenvalue weighted by Crippen LogP contribution is -2.34. The Morgan fingerprint density at radius 3 is 2.80 bits per heavy atom. The highest BCUT2D eigenvalue weighted by Gasteiger charge is 2.28. The minimum absolute atomic E-state index is 0.0565. The molecule has 0 saturated carbocycles. The first-order chi connectivity index (χ1) is 12.2. The lowest BCUT2D eigenvalue weighted by Gasteiger charge is -2.29. The van der Waals surface area contributed by atoms with E-state index in [0.29, 0.717) is 32.6 Å². The lowest BCUT2D eigenvalue weighted by molar-refractivity contribution is -0.146. The molecule has 1 aliphatic heterocycles. The third kappa shape index (κ3) is 6.49. The number of rotatable bonds is 10. The summed E-state index contributed by atoms with van der Waals surface area (Å²) in [6, 6.07) is 10.0. The van der Waals surface area contributed by atoms with Crippen molar-refractivity contribution >= 4 is 5.91 Å². The molecule has 1 heterocycles. The van der Waals surface area contributed by atoms with Crippen molar-refractivity contribution in [1.82, 2.24) is 5.32 Å². The normalized spacial score (nSPS) is 19.8. The van der Waals surface area contributed by atoms with Crippen LogP contribution in [0.3, 0.4) is 0 Å². The molecule has 1 aromatic rings. The van der Waals surface area contributed by atoms with Gasteiger partial charge in [-0.25, -0.2) is 0 Å². The van der Waals surface area contributed by atoms with Crippen molar-refractivity contribution in [3.05, 3.63) is 47.7 Å². The smallest absolute Gasteiger partial charge is 0.286 e. The molecule has 1 amide bonds. The molecule has 2 atom stereocenters. The SMILES string of the molecule is COCCNC(=O)C1=C[C@H](c2ccccc2)C[C@H](OCCCCO)O1. The second kappa shape index (κ2) is 10.9. The number of allylic oxidation sites excluding steroid dienone is 1. The van der Waals surface area contributed by atoms with Crippen molar-refractivity contribution in [3.63, 3.8) is 0 Å². The number of methoxy groups -OCH3 is 1. The Balaban J connectivity index is 2.03. The topological polar surface area (TPSA) is 77.0 Å². The maximum absolute atomic E-state index is 12.3. The first kappa shape index (κ1) is 19.4. The fraction of sp³-hybridized carbons (Fsp3) is 0.526. The predicted molar refractivity (Wildman–Crippen MR) is 93.9 cm³/mol. The quantitative estimate of drug-likeness (QED) is 0.632. The highest BCUT2D eigenvalue weighted by molar-refractivity contribution is 5.91. The van der Waals surface area contributed by atoms with E-state index in [1.165, 1.54) is 0 Å². The number of unbranched alkanes of at least 4 members (excludes halogenated alkanes) is 1. The summed E-state index contributed by atoms with van der Waals surface area (Å²) in [7, 11) is 1.59. The van der Waals surface area contributed by atoms with Crippen LogP contribution in [0.25, 0.3) is 0 Å². The zero-order chi connectivity index (χ0) is 17.9. The zero-order valence-corrected chi connectivity index (χ0v) is 14.6. The van der Waals surface area contributed by atoms with Gasteiger partial charge in [-0.05, 0) is 24.5 Å². The standard InChI is InChI=1S/C19H27NO5/c1-23-12-9-20-19(22)17-13-16(15-7-3-2-4-8-15)14-18(25-17)24-11-6-5-10-21/h2-4,7-8,13,16,18,21H,5-6,9-12,14H2,1H3,(H,20,22)/t16-,18+/m0/s1. The number of aliphatic hydroxyl groups is 1. The Morgan fingerprint density at radius 1 is 1.28 bits per heavy atom. The van der Waals surface area contributed by atoms with Crippen LogP contribution in [-0.2, 0) is 19.0 Å². The van der Waals surface area contributed by atoms with Crippen molar-refractivity contribution in [2.24, 2.45) is 0 Å². The molecular weight excluding hydrogens is 322 g/mol. The molecule has 1 aliphatic rings.